The Morgan fingerprint density at radius 3 is 2.68 bits per heavy atom. The zero-order chi connectivity index (χ0) is 14.2. The Labute approximate surface area is 105 Å². The Bertz CT molecular complexity index is 631. The van der Waals surface area contributed by atoms with Gasteiger partial charge in [-0.05, 0) is 0 Å². The van der Waals surface area contributed by atoms with E-state index in [2.05, 4.69) is 0 Å². The van der Waals surface area contributed by atoms with E-state index in [1.165, 1.54) is 0 Å². The van der Waals surface area contributed by atoms with E-state index in [0.717, 1.165) is 12.3 Å². The van der Waals surface area contributed by atoms with E-state index in [0.29, 0.717) is 4.57 Å². The second-order valence-electron chi connectivity index (χ2n) is 4.06. The van der Waals surface area contributed by atoms with Crippen molar-refractivity contribution in [3.63, 3.8) is 0 Å². The van der Waals surface area contributed by atoms with Crippen LogP contribution in [0.4, 0.5) is 0 Å². The first kappa shape index (κ1) is 13.4. The third kappa shape index (κ3) is 1.87. The van der Waals surface area contributed by atoms with Gasteiger partial charge in [-0.1, -0.05) is 0 Å². The van der Waals surface area contributed by atoms with Gasteiger partial charge in [0.25, 0.3) is 11.3 Å². The third-order valence-corrected chi connectivity index (χ3v) is 2.96. The molecule has 0 amide bonds. The molecule has 1 saturated heterocycles. The van der Waals surface area contributed by atoms with Gasteiger partial charge in [-0.3, -0.25) is 14.3 Å². The van der Waals surface area contributed by atoms with Gasteiger partial charge in [-0.2, -0.15) is 5.26 Å². The molecule has 4 N–H and O–H groups in total. The molecule has 0 bridgehead atoms. The smallest absolute Gasteiger partial charge is 0.331 e. The van der Waals surface area contributed by atoms with Crippen LogP contribution in [-0.4, -0.2) is 49.8 Å². The number of nitrogens with zero attached hydrogens (tertiary/aromatic N) is 2. The molecule has 102 valence electrons. The van der Waals surface area contributed by atoms with Gasteiger partial charge in [0.05, 0.1) is 6.61 Å². The Kier molecular flexibility index (Phi) is 3.25. The van der Waals surface area contributed by atoms with E-state index in [9.17, 15) is 25.1 Å². The van der Waals surface area contributed by atoms with Gasteiger partial charge in [0.15, 0.2) is 0 Å². The number of rotatable bonds is 2. The molecule has 4 unspecified atom stereocenters. The highest BCUT2D eigenvalue weighted by atomic mass is 16.6. The number of nitrogens with one attached hydrogen (secondary N) is 1. The van der Waals surface area contributed by atoms with E-state index in [-0.39, 0.29) is 0 Å². The van der Waals surface area contributed by atoms with Gasteiger partial charge >= 0.3 is 5.69 Å². The molecule has 0 aromatic carbocycles. The van der Waals surface area contributed by atoms with Crippen molar-refractivity contribution in [1.29, 1.82) is 5.26 Å². The molecule has 0 saturated carbocycles. The Balaban J connectivity index is 2.59. The highest BCUT2D eigenvalue weighted by Gasteiger charge is 2.56. The van der Waals surface area contributed by atoms with E-state index in [4.69, 9.17) is 9.84 Å². The first-order valence-electron chi connectivity index (χ1n) is 5.35. The summed E-state index contributed by atoms with van der Waals surface area (Å²) in [5.74, 6) is 0. The molecular formula is C10H11N3O6. The number of ether oxygens (including phenoxy) is 1. The molecule has 1 fully saturated rings. The fourth-order valence-corrected chi connectivity index (χ4v) is 1.97. The predicted molar refractivity (Wildman–Crippen MR) is 58.9 cm³/mol. The number of aromatic nitrogens is 2. The summed E-state index contributed by atoms with van der Waals surface area (Å²) in [6, 6.07) is 2.56. The molecule has 2 heterocycles. The predicted octanol–water partition coefficient (Wildman–Crippen LogP) is -3.17. The van der Waals surface area contributed by atoms with Crippen LogP contribution < -0.4 is 11.2 Å². The van der Waals surface area contributed by atoms with E-state index >= 15 is 0 Å². The van der Waals surface area contributed by atoms with Crippen LogP contribution in [0.25, 0.3) is 0 Å². The lowest BCUT2D eigenvalue weighted by Gasteiger charge is -2.26. The van der Waals surface area contributed by atoms with Crippen molar-refractivity contribution in [1.82, 2.24) is 9.55 Å². The molecule has 9 nitrogen and oxygen atoms in total. The fraction of sp³-hybridized carbons (Fsp3) is 0.500. The van der Waals surface area contributed by atoms with Crippen molar-refractivity contribution < 1.29 is 20.1 Å². The molecule has 19 heavy (non-hydrogen) atoms. The summed E-state index contributed by atoms with van der Waals surface area (Å²) in [5, 5.41) is 37.7. The first-order chi connectivity index (χ1) is 8.96. The number of hydrogen-bond acceptors (Lipinski definition) is 7. The minimum Gasteiger partial charge on any atom is -0.394 e. The fourth-order valence-electron chi connectivity index (χ4n) is 1.97. The van der Waals surface area contributed by atoms with Crippen LogP contribution >= 0.6 is 0 Å². The summed E-state index contributed by atoms with van der Waals surface area (Å²) in [4.78, 5) is 24.5. The van der Waals surface area contributed by atoms with Crippen molar-refractivity contribution in [2.75, 3.05) is 6.61 Å². The van der Waals surface area contributed by atoms with Gasteiger partial charge in [0.1, 0.15) is 24.4 Å². The molecule has 0 spiro atoms. The maximum absolute atomic E-state index is 11.7. The Morgan fingerprint density at radius 1 is 1.53 bits per heavy atom. The van der Waals surface area contributed by atoms with Crippen LogP contribution in [0.15, 0.2) is 21.9 Å². The standard InChI is InChI=1S/C10H11N3O6/c11-4-10(8(17)7(16)5(3-14)19-10)13-2-1-6(15)12-9(13)18/h1-2,5,7-8,14,16-17H,3H2,(H,12,15,18). The van der Waals surface area contributed by atoms with Crippen LogP contribution in [0.3, 0.4) is 0 Å². The lowest BCUT2D eigenvalue weighted by Crippen LogP contribution is -2.50. The number of hydrogen-bond donors (Lipinski definition) is 4. The van der Waals surface area contributed by atoms with Gasteiger partial charge in [0, 0.05) is 12.3 Å². The Morgan fingerprint density at radius 2 is 2.21 bits per heavy atom. The summed E-state index contributed by atoms with van der Waals surface area (Å²) < 4.78 is 5.77. The quantitative estimate of drug-likeness (QED) is 0.442. The Hall–Kier alpha value is -1.99. The summed E-state index contributed by atoms with van der Waals surface area (Å²) in [6.45, 7) is -0.639. The number of aliphatic hydroxyl groups excluding tert-OH is 3. The largest absolute Gasteiger partial charge is 0.394 e. The van der Waals surface area contributed by atoms with Gasteiger partial charge < -0.3 is 20.1 Å². The minimum atomic E-state index is -2.20. The van der Waals surface area contributed by atoms with Crippen LogP contribution in [0.2, 0.25) is 0 Å². The first-order valence-corrected chi connectivity index (χ1v) is 5.35. The average Bonchev–Trinajstić information content (AvgIpc) is 2.64. The minimum absolute atomic E-state index is 0.639. The SMILES string of the molecule is N#CC1(n2ccc(=O)[nH]c2=O)OC(CO)C(O)C1O. The number of aromatic amines is 1. The highest BCUT2D eigenvalue weighted by Crippen LogP contribution is 2.33. The molecule has 2 rings (SSSR count). The maximum atomic E-state index is 11.7. The van der Waals surface area contributed by atoms with E-state index < -0.39 is 41.9 Å². The second kappa shape index (κ2) is 4.60. The van der Waals surface area contributed by atoms with Crippen molar-refractivity contribution in [2.45, 2.75) is 24.0 Å². The molecule has 1 aliphatic heterocycles. The number of nitriles is 1. The molecular weight excluding hydrogens is 258 g/mol. The lowest BCUT2D eigenvalue weighted by molar-refractivity contribution is -0.109. The van der Waals surface area contributed by atoms with Crippen molar-refractivity contribution in [3.8, 4) is 6.07 Å². The lowest BCUT2D eigenvalue weighted by atomic mass is 10.0. The van der Waals surface area contributed by atoms with Gasteiger partial charge in [-0.25, -0.2) is 4.79 Å². The molecule has 1 aromatic heterocycles. The van der Waals surface area contributed by atoms with Crippen LogP contribution in [0, 0.1) is 11.3 Å². The molecule has 0 aliphatic carbocycles. The molecule has 4 atom stereocenters. The van der Waals surface area contributed by atoms with E-state index in [1.54, 1.807) is 6.07 Å². The van der Waals surface area contributed by atoms with Crippen molar-refractivity contribution in [2.24, 2.45) is 0 Å². The normalized spacial score (nSPS) is 34.1. The second-order valence-corrected chi connectivity index (χ2v) is 4.06. The summed E-state index contributed by atoms with van der Waals surface area (Å²) in [6.07, 6.45) is -3.53. The third-order valence-electron chi connectivity index (χ3n) is 2.96. The van der Waals surface area contributed by atoms with Crippen LogP contribution in [0.1, 0.15) is 0 Å². The summed E-state index contributed by atoms with van der Waals surface area (Å²) in [5.41, 5.74) is -3.85. The van der Waals surface area contributed by atoms with Crippen molar-refractivity contribution in [3.05, 3.63) is 33.1 Å². The average molecular weight is 269 g/mol. The zero-order valence-corrected chi connectivity index (χ0v) is 9.55. The van der Waals surface area contributed by atoms with Crippen molar-refractivity contribution >= 4 is 0 Å². The molecule has 9 heteroatoms. The molecule has 0 radical (unpaired) electrons. The maximum Gasteiger partial charge on any atom is 0.331 e. The van der Waals surface area contributed by atoms with Gasteiger partial charge in [-0.15, -0.1) is 0 Å². The number of aliphatic hydroxyl groups is 3. The van der Waals surface area contributed by atoms with E-state index in [1.807, 2.05) is 4.98 Å². The highest BCUT2D eigenvalue weighted by molar-refractivity contribution is 5.12. The van der Waals surface area contributed by atoms with Gasteiger partial charge in [0.2, 0.25) is 0 Å². The summed E-state index contributed by atoms with van der Waals surface area (Å²) in [7, 11) is 0. The monoisotopic (exact) mass is 269 g/mol. The topological polar surface area (TPSA) is 149 Å². The van der Waals surface area contributed by atoms with Crippen LogP contribution in [-0.2, 0) is 10.5 Å². The van der Waals surface area contributed by atoms with Crippen LogP contribution in [0.5, 0.6) is 0 Å². The molecule has 1 aliphatic rings. The summed E-state index contributed by atoms with van der Waals surface area (Å²) >= 11 is 0. The number of H-pyrrole nitrogens is 1. The zero-order valence-electron chi connectivity index (χ0n) is 9.55. The molecule has 1 aromatic rings.